The molecule has 104 valence electrons. The normalized spacial score (nSPS) is 10.8. The molecule has 3 N–H and O–H groups in total. The van der Waals surface area contributed by atoms with Crippen molar-refractivity contribution in [3.8, 4) is 0 Å². The number of thiocarbonyl (C=S) groups is 1. The molecule has 0 radical (unpaired) electrons. The molecule has 0 unspecified atom stereocenters. The zero-order chi connectivity index (χ0) is 14.6. The fraction of sp³-hybridized carbons (Fsp3) is 0.333. The van der Waals surface area contributed by atoms with Crippen molar-refractivity contribution in [2.75, 3.05) is 0 Å². The minimum absolute atomic E-state index is 0.198. The molecule has 0 atom stereocenters. The summed E-state index contributed by atoms with van der Waals surface area (Å²) in [6.45, 7) is 5.67. The number of hydrazine groups is 1. The first-order valence-corrected chi connectivity index (χ1v) is 5.93. The molecule has 1 aromatic carbocycles. The van der Waals surface area contributed by atoms with Gasteiger partial charge in [-0.05, 0) is 45.1 Å². The van der Waals surface area contributed by atoms with Crippen LogP contribution in [0.1, 0.15) is 31.1 Å². The summed E-state index contributed by atoms with van der Waals surface area (Å²) in [5.41, 5.74) is 4.13. The molecule has 1 amide bonds. The van der Waals surface area contributed by atoms with Gasteiger partial charge in [-0.1, -0.05) is 0 Å². The van der Waals surface area contributed by atoms with Crippen LogP contribution in [0.2, 0.25) is 0 Å². The highest BCUT2D eigenvalue weighted by atomic mass is 32.1. The number of nitrogens with one attached hydrogen (secondary N) is 3. The molecule has 1 rings (SSSR count). The zero-order valence-electron chi connectivity index (χ0n) is 10.8. The van der Waals surface area contributed by atoms with Gasteiger partial charge in [0.05, 0.1) is 5.56 Å². The van der Waals surface area contributed by atoms with Gasteiger partial charge in [0.2, 0.25) is 0 Å². The van der Waals surface area contributed by atoms with Crippen molar-refractivity contribution < 1.29 is 13.6 Å². The van der Waals surface area contributed by atoms with E-state index in [4.69, 9.17) is 12.2 Å². The van der Waals surface area contributed by atoms with E-state index in [2.05, 4.69) is 16.2 Å². The summed E-state index contributed by atoms with van der Waals surface area (Å²) in [5.74, 6) is -2.42. The van der Waals surface area contributed by atoms with Crippen molar-refractivity contribution in [2.45, 2.75) is 26.3 Å². The number of carbonyl (C=O) groups excluding carboxylic acids is 1. The second kappa shape index (κ2) is 5.92. The molecule has 4 nitrogen and oxygen atoms in total. The Bertz CT molecular complexity index is 500. The van der Waals surface area contributed by atoms with E-state index in [0.29, 0.717) is 6.07 Å². The molecule has 0 aliphatic rings. The third-order valence-electron chi connectivity index (χ3n) is 1.95. The number of carbonyl (C=O) groups is 1. The van der Waals surface area contributed by atoms with E-state index in [1.807, 2.05) is 20.8 Å². The predicted molar refractivity (Wildman–Crippen MR) is 72.4 cm³/mol. The lowest BCUT2D eigenvalue weighted by Gasteiger charge is -2.23. The number of amides is 1. The van der Waals surface area contributed by atoms with Gasteiger partial charge in [-0.3, -0.25) is 15.6 Å². The van der Waals surface area contributed by atoms with E-state index in [1.54, 1.807) is 0 Å². The Labute approximate surface area is 115 Å². The molecule has 0 heterocycles. The van der Waals surface area contributed by atoms with Gasteiger partial charge in [-0.25, -0.2) is 8.78 Å². The summed E-state index contributed by atoms with van der Waals surface area (Å²) < 4.78 is 26.0. The lowest BCUT2D eigenvalue weighted by Crippen LogP contribution is -2.52. The highest BCUT2D eigenvalue weighted by Crippen LogP contribution is 2.08. The summed E-state index contributed by atoms with van der Waals surface area (Å²) in [4.78, 5) is 11.6. The van der Waals surface area contributed by atoms with Gasteiger partial charge in [0.25, 0.3) is 5.91 Å². The Morgan fingerprint density at radius 3 is 2.37 bits per heavy atom. The van der Waals surface area contributed by atoms with E-state index in [-0.39, 0.29) is 16.2 Å². The fourth-order valence-electron chi connectivity index (χ4n) is 1.23. The maximum atomic E-state index is 13.3. The monoisotopic (exact) mass is 287 g/mol. The maximum absolute atomic E-state index is 13.3. The summed E-state index contributed by atoms with van der Waals surface area (Å²) in [7, 11) is 0. The summed E-state index contributed by atoms with van der Waals surface area (Å²) in [5, 5.41) is 3.10. The van der Waals surface area contributed by atoms with Crippen LogP contribution in [-0.4, -0.2) is 16.6 Å². The molecule has 7 heteroatoms. The van der Waals surface area contributed by atoms with Crippen LogP contribution in [-0.2, 0) is 0 Å². The topological polar surface area (TPSA) is 53.2 Å². The van der Waals surface area contributed by atoms with Crippen molar-refractivity contribution >= 4 is 23.2 Å². The summed E-state index contributed by atoms with van der Waals surface area (Å²) in [6, 6.07) is 2.70. The number of rotatable bonds is 1. The Balaban J connectivity index is 2.59. The van der Waals surface area contributed by atoms with E-state index in [1.165, 1.54) is 0 Å². The molecular formula is C12H15F2N3OS. The van der Waals surface area contributed by atoms with E-state index in [0.717, 1.165) is 12.1 Å². The van der Waals surface area contributed by atoms with Gasteiger partial charge in [0.1, 0.15) is 11.6 Å². The van der Waals surface area contributed by atoms with Gasteiger partial charge in [0.15, 0.2) is 5.11 Å². The first kappa shape index (κ1) is 15.3. The van der Waals surface area contributed by atoms with Crippen LogP contribution in [0.4, 0.5) is 8.78 Å². The third kappa shape index (κ3) is 5.17. The van der Waals surface area contributed by atoms with Gasteiger partial charge in [-0.2, -0.15) is 0 Å². The molecule has 0 saturated heterocycles. The molecule has 19 heavy (non-hydrogen) atoms. The highest BCUT2D eigenvalue weighted by molar-refractivity contribution is 7.80. The minimum Gasteiger partial charge on any atom is -0.357 e. The van der Waals surface area contributed by atoms with Crippen LogP contribution < -0.4 is 16.2 Å². The van der Waals surface area contributed by atoms with Gasteiger partial charge in [-0.15, -0.1) is 0 Å². The van der Waals surface area contributed by atoms with Gasteiger partial charge in [0, 0.05) is 11.6 Å². The van der Waals surface area contributed by atoms with Crippen molar-refractivity contribution in [1.82, 2.24) is 16.2 Å². The first-order valence-electron chi connectivity index (χ1n) is 5.52. The molecule has 0 aromatic heterocycles. The van der Waals surface area contributed by atoms with Crippen molar-refractivity contribution in [3.05, 3.63) is 35.4 Å². The van der Waals surface area contributed by atoms with Crippen LogP contribution in [0.15, 0.2) is 18.2 Å². The van der Waals surface area contributed by atoms with Crippen LogP contribution in [0, 0.1) is 11.6 Å². The number of hydrogen-bond donors (Lipinski definition) is 3. The molecule has 0 aliphatic carbocycles. The minimum atomic E-state index is -0.936. The third-order valence-corrected chi connectivity index (χ3v) is 2.16. The molecule has 1 aromatic rings. The number of benzene rings is 1. The lowest BCUT2D eigenvalue weighted by molar-refractivity contribution is 0.0939. The average Bonchev–Trinajstić information content (AvgIpc) is 2.23. The Hall–Kier alpha value is -1.76. The van der Waals surface area contributed by atoms with Crippen LogP contribution in [0.5, 0.6) is 0 Å². The number of halogens is 2. The van der Waals surface area contributed by atoms with Crippen LogP contribution in [0.3, 0.4) is 0 Å². The van der Waals surface area contributed by atoms with E-state index in [9.17, 15) is 13.6 Å². The second-order valence-corrected chi connectivity index (χ2v) is 5.32. The summed E-state index contributed by atoms with van der Waals surface area (Å²) in [6.07, 6.45) is 0. The van der Waals surface area contributed by atoms with Crippen LogP contribution in [0.25, 0.3) is 0 Å². The average molecular weight is 287 g/mol. The molecule has 0 saturated carbocycles. The Kier molecular flexibility index (Phi) is 4.77. The first-order chi connectivity index (χ1) is 8.69. The molecular weight excluding hydrogens is 272 g/mol. The number of hydrogen-bond acceptors (Lipinski definition) is 2. The SMILES string of the molecule is CC(C)(C)NC(=S)NNC(=O)c1ccc(F)cc1F. The van der Waals surface area contributed by atoms with Gasteiger partial charge >= 0.3 is 0 Å². The Morgan fingerprint density at radius 1 is 1.21 bits per heavy atom. The lowest BCUT2D eigenvalue weighted by atomic mass is 10.1. The van der Waals surface area contributed by atoms with Gasteiger partial charge < -0.3 is 5.32 Å². The van der Waals surface area contributed by atoms with E-state index < -0.39 is 17.5 Å². The standard InChI is InChI=1S/C12H15F2N3OS/c1-12(2,3)15-11(19)17-16-10(18)8-5-4-7(13)6-9(8)14/h4-6H,1-3H3,(H,16,18)(H2,15,17,19). The molecule has 0 spiro atoms. The molecule has 0 aliphatic heterocycles. The Morgan fingerprint density at radius 2 is 1.84 bits per heavy atom. The molecule has 0 fully saturated rings. The second-order valence-electron chi connectivity index (χ2n) is 4.91. The summed E-state index contributed by atoms with van der Waals surface area (Å²) >= 11 is 4.93. The highest BCUT2D eigenvalue weighted by Gasteiger charge is 2.14. The van der Waals surface area contributed by atoms with Crippen LogP contribution >= 0.6 is 12.2 Å². The quantitative estimate of drug-likeness (QED) is 0.545. The van der Waals surface area contributed by atoms with Crippen molar-refractivity contribution in [3.63, 3.8) is 0 Å². The fourth-order valence-corrected chi connectivity index (χ4v) is 1.58. The van der Waals surface area contributed by atoms with Crippen molar-refractivity contribution in [2.24, 2.45) is 0 Å². The predicted octanol–water partition coefficient (Wildman–Crippen LogP) is 1.87. The van der Waals surface area contributed by atoms with Crippen molar-refractivity contribution in [1.29, 1.82) is 0 Å². The maximum Gasteiger partial charge on any atom is 0.272 e. The largest absolute Gasteiger partial charge is 0.357 e. The molecule has 0 bridgehead atoms. The smallest absolute Gasteiger partial charge is 0.272 e. The zero-order valence-corrected chi connectivity index (χ0v) is 11.6. The van der Waals surface area contributed by atoms with E-state index >= 15 is 0 Å².